The number of rotatable bonds is 4. The molecule has 0 spiro atoms. The molecule has 1 saturated heterocycles. The highest BCUT2D eigenvalue weighted by molar-refractivity contribution is 7.86. The largest absolute Gasteiger partial charge is 0.339 e. The molecule has 106 valence electrons. The number of nitrogens with zero attached hydrogens (tertiary/aromatic N) is 2. The Balaban J connectivity index is 2.50. The minimum atomic E-state index is -3.65. The van der Waals surface area contributed by atoms with Gasteiger partial charge in [0, 0.05) is 26.2 Å². The number of piperazine rings is 1. The highest BCUT2D eigenvalue weighted by atomic mass is 32.2. The zero-order chi connectivity index (χ0) is 13.9. The molecule has 1 aliphatic rings. The molecule has 4 N–H and O–H groups in total. The van der Waals surface area contributed by atoms with Crippen LogP contribution in [-0.2, 0) is 15.0 Å². The van der Waals surface area contributed by atoms with E-state index in [2.05, 4.69) is 0 Å². The Labute approximate surface area is 108 Å². The second kappa shape index (κ2) is 5.96. The minimum absolute atomic E-state index is 0.113. The number of carbonyl (C=O) groups excluding carboxylic acids is 1. The maximum Gasteiger partial charge on any atom is 0.277 e. The molecule has 0 aromatic rings. The summed E-state index contributed by atoms with van der Waals surface area (Å²) in [7, 11) is -3.65. The first kappa shape index (κ1) is 15.4. The van der Waals surface area contributed by atoms with E-state index >= 15 is 0 Å². The summed E-state index contributed by atoms with van der Waals surface area (Å²) in [5, 5.41) is 5.03. The summed E-state index contributed by atoms with van der Waals surface area (Å²) in [4.78, 5) is 13.6. The van der Waals surface area contributed by atoms with Crippen LogP contribution in [0, 0.1) is 5.92 Å². The average Bonchev–Trinajstić information content (AvgIpc) is 2.26. The third-order valence-corrected chi connectivity index (χ3v) is 4.04. The predicted octanol–water partition coefficient (Wildman–Crippen LogP) is -1.29. The molecule has 1 aliphatic heterocycles. The van der Waals surface area contributed by atoms with Crippen molar-refractivity contribution in [2.45, 2.75) is 26.3 Å². The molecule has 1 amide bonds. The fourth-order valence-electron chi connectivity index (χ4n) is 2.01. The summed E-state index contributed by atoms with van der Waals surface area (Å²) in [6, 6.07) is -0.508. The Kier molecular flexibility index (Phi) is 5.09. The van der Waals surface area contributed by atoms with Crippen molar-refractivity contribution in [2.24, 2.45) is 16.8 Å². The standard InChI is InChI=1S/C10H22N4O3S/c1-8(2)7-9(11)10(15)13-3-5-14(6-4-13)18(12,16)17/h8-9H,3-7,11H2,1-2H3,(H2,12,16,17)/t9-/m1/s1. The normalized spacial score (nSPS) is 20.2. The van der Waals surface area contributed by atoms with Crippen LogP contribution in [0.4, 0.5) is 0 Å². The summed E-state index contributed by atoms with van der Waals surface area (Å²) >= 11 is 0. The van der Waals surface area contributed by atoms with Crippen molar-refractivity contribution in [1.82, 2.24) is 9.21 Å². The van der Waals surface area contributed by atoms with Gasteiger partial charge in [0.25, 0.3) is 10.2 Å². The first-order valence-electron chi connectivity index (χ1n) is 6.04. The molecule has 0 unspecified atom stereocenters. The third kappa shape index (κ3) is 4.20. The zero-order valence-electron chi connectivity index (χ0n) is 10.9. The molecule has 8 heteroatoms. The summed E-state index contributed by atoms with van der Waals surface area (Å²) < 4.78 is 23.4. The maximum absolute atomic E-state index is 12.0. The molecule has 1 atom stereocenters. The van der Waals surface area contributed by atoms with Crippen LogP contribution in [0.5, 0.6) is 0 Å². The minimum Gasteiger partial charge on any atom is -0.339 e. The van der Waals surface area contributed by atoms with Crippen molar-refractivity contribution < 1.29 is 13.2 Å². The van der Waals surface area contributed by atoms with E-state index in [1.807, 2.05) is 13.8 Å². The van der Waals surface area contributed by atoms with Crippen LogP contribution in [-0.4, -0.2) is 55.8 Å². The second-order valence-electron chi connectivity index (χ2n) is 5.01. The molecule has 0 aromatic heterocycles. The molecule has 0 aliphatic carbocycles. The van der Waals surface area contributed by atoms with E-state index in [0.717, 1.165) is 0 Å². The Bertz CT molecular complexity index is 388. The van der Waals surface area contributed by atoms with Gasteiger partial charge in [-0.1, -0.05) is 13.8 Å². The lowest BCUT2D eigenvalue weighted by molar-refractivity contribution is -0.134. The highest BCUT2D eigenvalue weighted by Gasteiger charge is 2.28. The van der Waals surface area contributed by atoms with Crippen molar-refractivity contribution in [3.05, 3.63) is 0 Å². The first-order chi connectivity index (χ1) is 8.21. The molecule has 1 fully saturated rings. The number of hydrogen-bond donors (Lipinski definition) is 2. The fourth-order valence-corrected chi connectivity index (χ4v) is 2.68. The van der Waals surface area contributed by atoms with Gasteiger partial charge in [-0.25, -0.2) is 5.14 Å². The van der Waals surface area contributed by atoms with Crippen LogP contribution in [0.25, 0.3) is 0 Å². The van der Waals surface area contributed by atoms with Crippen LogP contribution < -0.4 is 10.9 Å². The number of hydrogen-bond acceptors (Lipinski definition) is 4. The molecule has 0 saturated carbocycles. The SMILES string of the molecule is CC(C)C[C@@H](N)C(=O)N1CCN(S(N)(=O)=O)CC1. The summed E-state index contributed by atoms with van der Waals surface area (Å²) in [6.45, 7) is 5.18. The lowest BCUT2D eigenvalue weighted by Gasteiger charge is -2.34. The summed E-state index contributed by atoms with van der Waals surface area (Å²) in [6.07, 6.45) is 0.633. The van der Waals surface area contributed by atoms with Gasteiger partial charge in [0.15, 0.2) is 0 Å². The lowest BCUT2D eigenvalue weighted by atomic mass is 10.0. The smallest absolute Gasteiger partial charge is 0.277 e. The molecular formula is C10H22N4O3S. The Morgan fingerprint density at radius 3 is 2.11 bits per heavy atom. The zero-order valence-corrected chi connectivity index (χ0v) is 11.7. The predicted molar refractivity (Wildman–Crippen MR) is 68.7 cm³/mol. The average molecular weight is 278 g/mol. The van der Waals surface area contributed by atoms with Crippen LogP contribution in [0.1, 0.15) is 20.3 Å². The van der Waals surface area contributed by atoms with E-state index in [-0.39, 0.29) is 19.0 Å². The lowest BCUT2D eigenvalue weighted by Crippen LogP contribution is -2.55. The molecular weight excluding hydrogens is 256 g/mol. The number of amides is 1. The second-order valence-corrected chi connectivity index (χ2v) is 6.55. The van der Waals surface area contributed by atoms with Gasteiger partial charge in [0.05, 0.1) is 6.04 Å². The van der Waals surface area contributed by atoms with Gasteiger partial charge in [-0.15, -0.1) is 0 Å². The molecule has 18 heavy (non-hydrogen) atoms. The molecule has 0 radical (unpaired) electrons. The van der Waals surface area contributed by atoms with Gasteiger partial charge in [-0.2, -0.15) is 12.7 Å². The molecule has 7 nitrogen and oxygen atoms in total. The molecule has 0 bridgehead atoms. The van der Waals surface area contributed by atoms with Gasteiger partial charge in [0.2, 0.25) is 5.91 Å². The van der Waals surface area contributed by atoms with Gasteiger partial charge < -0.3 is 10.6 Å². The van der Waals surface area contributed by atoms with Crippen molar-refractivity contribution in [1.29, 1.82) is 0 Å². The van der Waals surface area contributed by atoms with Crippen molar-refractivity contribution in [3.8, 4) is 0 Å². The maximum atomic E-state index is 12.0. The van der Waals surface area contributed by atoms with Gasteiger partial charge in [-0.3, -0.25) is 4.79 Å². The van der Waals surface area contributed by atoms with Crippen molar-refractivity contribution in [3.63, 3.8) is 0 Å². The number of carbonyl (C=O) groups is 1. The Morgan fingerprint density at radius 1 is 1.22 bits per heavy atom. The molecule has 1 heterocycles. The highest BCUT2D eigenvalue weighted by Crippen LogP contribution is 2.09. The van der Waals surface area contributed by atoms with E-state index in [1.54, 1.807) is 4.90 Å². The quantitative estimate of drug-likeness (QED) is 0.666. The topological polar surface area (TPSA) is 110 Å². The van der Waals surface area contributed by atoms with E-state index in [0.29, 0.717) is 25.4 Å². The van der Waals surface area contributed by atoms with Crippen LogP contribution in [0.2, 0.25) is 0 Å². The first-order valence-corrected chi connectivity index (χ1v) is 7.54. The van der Waals surface area contributed by atoms with Crippen LogP contribution >= 0.6 is 0 Å². The monoisotopic (exact) mass is 278 g/mol. The van der Waals surface area contributed by atoms with Gasteiger partial charge >= 0.3 is 0 Å². The van der Waals surface area contributed by atoms with Crippen LogP contribution in [0.3, 0.4) is 0 Å². The van der Waals surface area contributed by atoms with E-state index in [9.17, 15) is 13.2 Å². The third-order valence-electron chi connectivity index (χ3n) is 2.95. The summed E-state index contributed by atoms with van der Waals surface area (Å²) in [5.74, 6) is 0.243. The van der Waals surface area contributed by atoms with E-state index in [4.69, 9.17) is 10.9 Å². The van der Waals surface area contributed by atoms with Crippen molar-refractivity contribution >= 4 is 16.1 Å². The van der Waals surface area contributed by atoms with E-state index < -0.39 is 16.3 Å². The molecule has 0 aromatic carbocycles. The van der Waals surface area contributed by atoms with E-state index in [1.165, 1.54) is 4.31 Å². The molecule has 1 rings (SSSR count). The fraction of sp³-hybridized carbons (Fsp3) is 0.900. The van der Waals surface area contributed by atoms with Gasteiger partial charge in [0.1, 0.15) is 0 Å². The van der Waals surface area contributed by atoms with Gasteiger partial charge in [-0.05, 0) is 12.3 Å². The Morgan fingerprint density at radius 2 is 1.72 bits per heavy atom. The number of nitrogens with two attached hydrogens (primary N) is 2. The van der Waals surface area contributed by atoms with Crippen molar-refractivity contribution in [2.75, 3.05) is 26.2 Å². The Hall–Kier alpha value is -0.700. The summed E-state index contributed by atoms with van der Waals surface area (Å²) in [5.41, 5.74) is 5.82. The van der Waals surface area contributed by atoms with Crippen LogP contribution in [0.15, 0.2) is 0 Å².